The van der Waals surface area contributed by atoms with Crippen molar-refractivity contribution in [1.29, 1.82) is 0 Å². The lowest BCUT2D eigenvalue weighted by Gasteiger charge is -2.31. The average Bonchev–Trinajstić information content (AvgIpc) is 3.57. The molecule has 1 aromatic carbocycles. The number of thiazole rings is 1. The maximum absolute atomic E-state index is 13.4. The summed E-state index contributed by atoms with van der Waals surface area (Å²) in [5.74, 6) is 0.653. The van der Waals surface area contributed by atoms with E-state index in [0.717, 1.165) is 43.0 Å². The van der Waals surface area contributed by atoms with Crippen LogP contribution in [0.25, 0.3) is 11.3 Å². The van der Waals surface area contributed by atoms with Crippen molar-refractivity contribution in [2.75, 3.05) is 39.3 Å². The number of amides is 2. The molecule has 0 unspecified atom stereocenters. The lowest BCUT2D eigenvalue weighted by molar-refractivity contribution is 0.0711. The van der Waals surface area contributed by atoms with Gasteiger partial charge in [-0.2, -0.15) is 0 Å². The molecular weight excluding hydrogens is 474 g/mol. The molecule has 9 heteroatoms. The molecule has 8 nitrogen and oxygen atoms in total. The maximum Gasteiger partial charge on any atom is 0.270 e. The summed E-state index contributed by atoms with van der Waals surface area (Å²) in [6.45, 7) is 6.86. The number of aryl methyl sites for hydroxylation is 1. The Hall–Kier alpha value is -3.04. The first kappa shape index (κ1) is 24.6. The molecule has 2 aliphatic rings. The Morgan fingerprint density at radius 1 is 1.08 bits per heavy atom. The molecule has 2 aliphatic heterocycles. The molecule has 2 aromatic heterocycles. The normalized spacial score (nSPS) is 17.3. The van der Waals surface area contributed by atoms with Gasteiger partial charge in [-0.15, -0.1) is 11.3 Å². The number of nitrogens with zero attached hydrogens (tertiary/aromatic N) is 4. The topological polar surface area (TPSA) is 91.6 Å². The molecule has 1 N–H and O–H groups in total. The van der Waals surface area contributed by atoms with Crippen LogP contribution in [0.3, 0.4) is 0 Å². The summed E-state index contributed by atoms with van der Waals surface area (Å²) in [5, 5.41) is 10.0. The summed E-state index contributed by atoms with van der Waals surface area (Å²) in [5.41, 5.74) is 2.50. The number of hydrogen-bond donors (Lipinski definition) is 1. The van der Waals surface area contributed by atoms with Gasteiger partial charge < -0.3 is 19.6 Å². The third kappa shape index (κ3) is 5.52. The Bertz CT molecular complexity index is 1180. The summed E-state index contributed by atoms with van der Waals surface area (Å²) < 4.78 is 5.39. The van der Waals surface area contributed by atoms with Crippen LogP contribution < -0.4 is 5.32 Å². The Labute approximate surface area is 215 Å². The number of piperidine rings is 2. The van der Waals surface area contributed by atoms with Crippen molar-refractivity contribution in [2.24, 2.45) is 0 Å². The minimum absolute atomic E-state index is 0.0426. The predicted molar refractivity (Wildman–Crippen MR) is 139 cm³/mol. The molecule has 4 heterocycles. The van der Waals surface area contributed by atoms with Crippen LogP contribution in [-0.4, -0.2) is 71.0 Å². The zero-order valence-corrected chi connectivity index (χ0v) is 21.6. The van der Waals surface area contributed by atoms with E-state index in [-0.39, 0.29) is 17.7 Å². The zero-order valence-electron chi connectivity index (χ0n) is 20.7. The summed E-state index contributed by atoms with van der Waals surface area (Å²) in [6.07, 6.45) is 5.45. The first-order chi connectivity index (χ1) is 17.6. The van der Waals surface area contributed by atoms with E-state index in [2.05, 4.69) is 20.4 Å². The van der Waals surface area contributed by atoms with Gasteiger partial charge in [-0.05, 0) is 45.7 Å². The highest BCUT2D eigenvalue weighted by molar-refractivity contribution is 7.09. The number of likely N-dealkylation sites (tertiary alicyclic amines) is 2. The van der Waals surface area contributed by atoms with E-state index in [1.807, 2.05) is 40.6 Å². The van der Waals surface area contributed by atoms with Gasteiger partial charge in [0.25, 0.3) is 11.8 Å². The quantitative estimate of drug-likeness (QED) is 0.512. The number of carbonyl (C=O) groups is 2. The fourth-order valence-corrected chi connectivity index (χ4v) is 6.06. The van der Waals surface area contributed by atoms with Crippen molar-refractivity contribution in [3.05, 3.63) is 57.7 Å². The molecule has 36 heavy (non-hydrogen) atoms. The number of nitrogens with one attached hydrogen (secondary N) is 1. The van der Waals surface area contributed by atoms with Gasteiger partial charge in [0.05, 0.1) is 5.01 Å². The van der Waals surface area contributed by atoms with Crippen LogP contribution in [0.4, 0.5) is 0 Å². The smallest absolute Gasteiger partial charge is 0.270 e. The fourth-order valence-electron chi connectivity index (χ4n) is 5.09. The molecule has 3 aromatic rings. The second kappa shape index (κ2) is 11.3. The summed E-state index contributed by atoms with van der Waals surface area (Å²) in [4.78, 5) is 34.9. The standard InChI is InChI=1S/C27H33N5O3S/c1-19-23(24(30-35-19)20-8-4-2-5-9-20)27(34)32-15-10-21(11-16-32)26-29-22(18-36-26)25(33)28-12-17-31-13-6-3-7-14-31/h2,4-5,8-9,18,21H,3,6-7,10-17H2,1H3,(H,28,33). The molecule has 0 aliphatic carbocycles. The Balaban J connectivity index is 1.15. The maximum atomic E-state index is 13.4. The number of benzene rings is 1. The van der Waals surface area contributed by atoms with Crippen LogP contribution in [-0.2, 0) is 0 Å². The Morgan fingerprint density at radius 2 is 1.83 bits per heavy atom. The molecule has 0 bridgehead atoms. The highest BCUT2D eigenvalue weighted by atomic mass is 32.1. The molecule has 2 amide bonds. The van der Waals surface area contributed by atoms with Gasteiger partial charge in [-0.25, -0.2) is 4.98 Å². The zero-order chi connectivity index (χ0) is 24.9. The first-order valence-electron chi connectivity index (χ1n) is 12.9. The van der Waals surface area contributed by atoms with Crippen LogP contribution in [0.2, 0.25) is 0 Å². The van der Waals surface area contributed by atoms with E-state index in [4.69, 9.17) is 4.52 Å². The van der Waals surface area contributed by atoms with Crippen molar-refractivity contribution in [2.45, 2.75) is 44.9 Å². The van der Waals surface area contributed by atoms with Gasteiger partial charge in [0, 0.05) is 43.0 Å². The highest BCUT2D eigenvalue weighted by Gasteiger charge is 2.31. The van der Waals surface area contributed by atoms with Gasteiger partial charge >= 0.3 is 0 Å². The van der Waals surface area contributed by atoms with Crippen LogP contribution in [0, 0.1) is 6.92 Å². The molecule has 190 valence electrons. The molecule has 0 spiro atoms. The highest BCUT2D eigenvalue weighted by Crippen LogP contribution is 2.32. The summed E-state index contributed by atoms with van der Waals surface area (Å²) in [7, 11) is 0. The van der Waals surface area contributed by atoms with Crippen molar-refractivity contribution in [3.63, 3.8) is 0 Å². The van der Waals surface area contributed by atoms with E-state index in [0.29, 0.717) is 42.3 Å². The molecule has 5 rings (SSSR count). The lowest BCUT2D eigenvalue weighted by atomic mass is 9.96. The number of hydrogen-bond acceptors (Lipinski definition) is 7. The van der Waals surface area contributed by atoms with E-state index < -0.39 is 0 Å². The van der Waals surface area contributed by atoms with Crippen LogP contribution >= 0.6 is 11.3 Å². The predicted octanol–water partition coefficient (Wildman–Crippen LogP) is 4.34. The molecule has 0 radical (unpaired) electrons. The monoisotopic (exact) mass is 507 g/mol. The van der Waals surface area contributed by atoms with Gasteiger partial charge in [0.2, 0.25) is 0 Å². The van der Waals surface area contributed by atoms with E-state index in [1.54, 1.807) is 18.3 Å². The SMILES string of the molecule is Cc1onc(-c2ccccc2)c1C(=O)N1CCC(c2nc(C(=O)NCCN3CCCCC3)cs2)CC1. The summed E-state index contributed by atoms with van der Waals surface area (Å²) >= 11 is 1.54. The van der Waals surface area contributed by atoms with Gasteiger partial charge in [-0.3, -0.25) is 9.59 Å². The van der Waals surface area contributed by atoms with Crippen LogP contribution in [0.1, 0.15) is 69.6 Å². The third-order valence-corrected chi connectivity index (χ3v) is 8.18. The number of carbonyl (C=O) groups excluding carboxylic acids is 2. The number of aromatic nitrogens is 2. The number of rotatable bonds is 7. The van der Waals surface area contributed by atoms with Crippen LogP contribution in [0.15, 0.2) is 40.2 Å². The first-order valence-corrected chi connectivity index (χ1v) is 13.7. The Kier molecular flexibility index (Phi) is 7.77. The van der Waals surface area contributed by atoms with Gasteiger partial charge in [-0.1, -0.05) is 41.9 Å². The largest absolute Gasteiger partial charge is 0.360 e. The minimum Gasteiger partial charge on any atom is -0.360 e. The van der Waals surface area contributed by atoms with Crippen molar-refractivity contribution >= 4 is 23.2 Å². The lowest BCUT2D eigenvalue weighted by Crippen LogP contribution is -2.38. The molecule has 2 saturated heterocycles. The summed E-state index contributed by atoms with van der Waals surface area (Å²) in [6, 6.07) is 9.66. The fraction of sp³-hybridized carbons (Fsp3) is 0.481. The average molecular weight is 508 g/mol. The van der Waals surface area contributed by atoms with Gasteiger partial charge in [0.15, 0.2) is 0 Å². The van der Waals surface area contributed by atoms with E-state index >= 15 is 0 Å². The second-order valence-electron chi connectivity index (χ2n) is 9.62. The molecule has 0 atom stereocenters. The van der Waals surface area contributed by atoms with E-state index in [1.165, 1.54) is 19.3 Å². The third-order valence-electron chi connectivity index (χ3n) is 7.17. The van der Waals surface area contributed by atoms with E-state index in [9.17, 15) is 9.59 Å². The molecule has 0 saturated carbocycles. The Morgan fingerprint density at radius 3 is 2.58 bits per heavy atom. The molecule has 2 fully saturated rings. The van der Waals surface area contributed by atoms with Gasteiger partial charge in [0.1, 0.15) is 22.7 Å². The van der Waals surface area contributed by atoms with Crippen LogP contribution in [0.5, 0.6) is 0 Å². The van der Waals surface area contributed by atoms with Crippen molar-refractivity contribution in [1.82, 2.24) is 25.3 Å². The van der Waals surface area contributed by atoms with Crippen molar-refractivity contribution < 1.29 is 14.1 Å². The minimum atomic E-state index is -0.0986. The second-order valence-corrected chi connectivity index (χ2v) is 10.5. The molecular formula is C27H33N5O3S. The van der Waals surface area contributed by atoms with Crippen molar-refractivity contribution in [3.8, 4) is 11.3 Å².